The van der Waals surface area contributed by atoms with Crippen LogP contribution in [0.1, 0.15) is 40.0 Å². The molecule has 1 N–H and O–H groups in total. The van der Waals surface area contributed by atoms with Gasteiger partial charge in [0.2, 0.25) is 0 Å². The van der Waals surface area contributed by atoms with Gasteiger partial charge in [-0.25, -0.2) is 0 Å². The molecule has 0 saturated heterocycles. The van der Waals surface area contributed by atoms with E-state index >= 15 is 0 Å². The van der Waals surface area contributed by atoms with E-state index in [0.717, 1.165) is 32.6 Å². The Morgan fingerprint density at radius 2 is 1.19 bits per heavy atom. The smallest absolute Gasteiger partial charge is 0.0701 e. The topological polar surface area (TPSA) is 49.0 Å². The molecule has 0 saturated carbocycles. The molecule has 0 aliphatic heterocycles. The van der Waals surface area contributed by atoms with Crippen LogP contribution >= 0.6 is 0 Å². The van der Waals surface area contributed by atoms with E-state index in [1.807, 2.05) is 0 Å². The highest BCUT2D eigenvalue weighted by Gasteiger charge is 1.96. The van der Waals surface area contributed by atoms with Crippen molar-refractivity contribution in [1.82, 2.24) is 5.32 Å². The fourth-order valence-electron chi connectivity index (χ4n) is 1.53. The summed E-state index contributed by atoms with van der Waals surface area (Å²) in [7, 11) is 0. The minimum atomic E-state index is 0.563. The van der Waals surface area contributed by atoms with E-state index in [9.17, 15) is 0 Å². The molecule has 0 bridgehead atoms. The Morgan fingerprint density at radius 1 is 0.714 bits per heavy atom. The second-order valence-electron chi connectivity index (χ2n) is 5.07. The van der Waals surface area contributed by atoms with E-state index in [4.69, 9.17) is 18.9 Å². The van der Waals surface area contributed by atoms with Crippen LogP contribution in [0.5, 0.6) is 0 Å². The standard InChI is InChI=1S/C16H35NO4/c1-4-6-8-18-10-12-20-14-15-21-13-11-19-9-7-17-16(3)5-2/h16-17H,4-15H2,1-3H3. The van der Waals surface area contributed by atoms with Gasteiger partial charge in [0, 0.05) is 19.2 Å². The predicted octanol–water partition coefficient (Wildman–Crippen LogP) is 2.24. The van der Waals surface area contributed by atoms with Crippen molar-refractivity contribution in [1.29, 1.82) is 0 Å². The van der Waals surface area contributed by atoms with Crippen molar-refractivity contribution < 1.29 is 18.9 Å². The second-order valence-corrected chi connectivity index (χ2v) is 5.07. The number of hydrogen-bond donors (Lipinski definition) is 1. The molecule has 0 amide bonds. The van der Waals surface area contributed by atoms with Gasteiger partial charge in [-0.15, -0.1) is 0 Å². The molecule has 5 nitrogen and oxygen atoms in total. The lowest BCUT2D eigenvalue weighted by atomic mass is 10.3. The summed E-state index contributed by atoms with van der Waals surface area (Å²) >= 11 is 0. The van der Waals surface area contributed by atoms with E-state index in [-0.39, 0.29) is 0 Å². The third kappa shape index (κ3) is 17.7. The first kappa shape index (κ1) is 20.8. The van der Waals surface area contributed by atoms with Gasteiger partial charge in [0.05, 0.1) is 46.2 Å². The highest BCUT2D eigenvalue weighted by Crippen LogP contribution is 1.88. The summed E-state index contributed by atoms with van der Waals surface area (Å²) in [5, 5.41) is 3.38. The lowest BCUT2D eigenvalue weighted by Crippen LogP contribution is -2.29. The molecule has 0 radical (unpaired) electrons. The maximum absolute atomic E-state index is 5.46. The number of unbranched alkanes of at least 4 members (excludes halogenated alkanes) is 1. The molecule has 0 aromatic heterocycles. The van der Waals surface area contributed by atoms with Gasteiger partial charge in [-0.1, -0.05) is 20.3 Å². The molecule has 0 rings (SSSR count). The van der Waals surface area contributed by atoms with Crippen LogP contribution in [0.2, 0.25) is 0 Å². The summed E-state index contributed by atoms with van der Waals surface area (Å²) in [5.74, 6) is 0. The van der Waals surface area contributed by atoms with E-state index in [1.165, 1.54) is 6.42 Å². The number of hydrogen-bond acceptors (Lipinski definition) is 5. The molecule has 1 unspecified atom stereocenters. The Morgan fingerprint density at radius 3 is 1.67 bits per heavy atom. The zero-order valence-electron chi connectivity index (χ0n) is 14.2. The largest absolute Gasteiger partial charge is 0.379 e. The third-order valence-corrected chi connectivity index (χ3v) is 3.11. The Kier molecular flexibility index (Phi) is 17.7. The van der Waals surface area contributed by atoms with Crippen molar-refractivity contribution in [2.75, 3.05) is 59.4 Å². The van der Waals surface area contributed by atoms with Crippen molar-refractivity contribution >= 4 is 0 Å². The highest BCUT2D eigenvalue weighted by atomic mass is 16.6. The maximum atomic E-state index is 5.46. The van der Waals surface area contributed by atoms with E-state index in [1.54, 1.807) is 0 Å². The highest BCUT2D eigenvalue weighted by molar-refractivity contribution is 4.55. The van der Waals surface area contributed by atoms with Crippen LogP contribution in [0.15, 0.2) is 0 Å². The molecule has 1 atom stereocenters. The summed E-state index contributed by atoms with van der Waals surface area (Å²) in [6.45, 7) is 12.8. The van der Waals surface area contributed by atoms with Gasteiger partial charge in [-0.3, -0.25) is 0 Å². The molecular weight excluding hydrogens is 270 g/mol. The second kappa shape index (κ2) is 17.9. The van der Waals surface area contributed by atoms with Crippen molar-refractivity contribution in [2.24, 2.45) is 0 Å². The lowest BCUT2D eigenvalue weighted by molar-refractivity contribution is -0.00180. The zero-order chi connectivity index (χ0) is 15.6. The van der Waals surface area contributed by atoms with Crippen molar-refractivity contribution in [3.63, 3.8) is 0 Å². The number of nitrogens with one attached hydrogen (secondary N) is 1. The van der Waals surface area contributed by atoms with Gasteiger partial charge in [0.1, 0.15) is 0 Å². The first-order valence-corrected chi connectivity index (χ1v) is 8.35. The lowest BCUT2D eigenvalue weighted by Gasteiger charge is -2.11. The Labute approximate surface area is 130 Å². The summed E-state index contributed by atoms with van der Waals surface area (Å²) in [6, 6.07) is 0.563. The van der Waals surface area contributed by atoms with Gasteiger partial charge in [0.15, 0.2) is 0 Å². The minimum absolute atomic E-state index is 0.563. The zero-order valence-corrected chi connectivity index (χ0v) is 14.2. The molecule has 5 heteroatoms. The van der Waals surface area contributed by atoms with E-state index in [0.29, 0.717) is 45.7 Å². The average Bonchev–Trinajstić information content (AvgIpc) is 2.50. The number of ether oxygens (including phenoxy) is 4. The first-order valence-electron chi connectivity index (χ1n) is 8.35. The van der Waals surface area contributed by atoms with Gasteiger partial charge in [0.25, 0.3) is 0 Å². The normalized spacial score (nSPS) is 12.7. The first-order chi connectivity index (χ1) is 10.3. The SMILES string of the molecule is CCCCOCCOCCOCCOCCNC(C)CC. The van der Waals surface area contributed by atoms with Crippen LogP contribution in [0.25, 0.3) is 0 Å². The summed E-state index contributed by atoms with van der Waals surface area (Å²) in [4.78, 5) is 0. The fraction of sp³-hybridized carbons (Fsp3) is 1.00. The molecular formula is C16H35NO4. The molecule has 0 aliphatic carbocycles. The van der Waals surface area contributed by atoms with Crippen molar-refractivity contribution in [2.45, 2.75) is 46.1 Å². The maximum Gasteiger partial charge on any atom is 0.0701 e. The molecule has 0 spiro atoms. The van der Waals surface area contributed by atoms with Crippen molar-refractivity contribution in [3.05, 3.63) is 0 Å². The Hall–Kier alpha value is -0.200. The summed E-state index contributed by atoms with van der Waals surface area (Å²) in [6.07, 6.45) is 3.44. The molecule has 0 aliphatic rings. The molecule has 0 aromatic rings. The fourth-order valence-corrected chi connectivity index (χ4v) is 1.53. The molecule has 0 fully saturated rings. The Bertz CT molecular complexity index is 193. The monoisotopic (exact) mass is 305 g/mol. The van der Waals surface area contributed by atoms with Crippen molar-refractivity contribution in [3.8, 4) is 0 Å². The van der Waals surface area contributed by atoms with Crippen LogP contribution in [-0.2, 0) is 18.9 Å². The van der Waals surface area contributed by atoms with Crippen LogP contribution in [-0.4, -0.2) is 65.4 Å². The average molecular weight is 305 g/mol. The minimum Gasteiger partial charge on any atom is -0.379 e. The van der Waals surface area contributed by atoms with Gasteiger partial charge in [-0.05, 0) is 19.8 Å². The van der Waals surface area contributed by atoms with Crippen LogP contribution < -0.4 is 5.32 Å². The molecule has 0 heterocycles. The third-order valence-electron chi connectivity index (χ3n) is 3.11. The molecule has 21 heavy (non-hydrogen) atoms. The summed E-state index contributed by atoms with van der Waals surface area (Å²) in [5.41, 5.74) is 0. The van der Waals surface area contributed by atoms with Crippen LogP contribution in [0.3, 0.4) is 0 Å². The number of rotatable bonds is 17. The van der Waals surface area contributed by atoms with Gasteiger partial charge in [-0.2, -0.15) is 0 Å². The molecule has 0 aromatic carbocycles. The summed E-state index contributed by atoms with van der Waals surface area (Å²) < 4.78 is 21.7. The van der Waals surface area contributed by atoms with Crippen LogP contribution in [0.4, 0.5) is 0 Å². The van der Waals surface area contributed by atoms with E-state index < -0.39 is 0 Å². The predicted molar refractivity (Wildman–Crippen MR) is 85.9 cm³/mol. The van der Waals surface area contributed by atoms with Crippen LogP contribution in [0, 0.1) is 0 Å². The van der Waals surface area contributed by atoms with Gasteiger partial charge >= 0.3 is 0 Å². The quantitative estimate of drug-likeness (QED) is 0.418. The molecule has 128 valence electrons. The van der Waals surface area contributed by atoms with Gasteiger partial charge < -0.3 is 24.3 Å². The van der Waals surface area contributed by atoms with E-state index in [2.05, 4.69) is 26.1 Å². The Balaban J connectivity index is 2.96.